The predicted octanol–water partition coefficient (Wildman–Crippen LogP) is 4.38. The third-order valence-corrected chi connectivity index (χ3v) is 8.06. The van der Waals surface area contributed by atoms with Crippen molar-refractivity contribution in [3.63, 3.8) is 0 Å². The van der Waals surface area contributed by atoms with Crippen molar-refractivity contribution in [2.24, 2.45) is 28.6 Å². The topological polar surface area (TPSA) is 23.1 Å². The minimum atomic E-state index is 0.259. The van der Waals surface area contributed by atoms with Crippen LogP contribution < -0.4 is 0 Å². The molecule has 3 heteroatoms. The fraction of sp³-hybridized carbons (Fsp3) is 0.875. The monoisotopic (exact) mass is 372 g/mol. The number of nitrogens with zero attached hydrogens (tertiary/aromatic N) is 2. The summed E-state index contributed by atoms with van der Waals surface area (Å²) in [6.07, 6.45) is 7.96. The molecule has 0 N–H and O–H groups in total. The summed E-state index contributed by atoms with van der Waals surface area (Å²) in [4.78, 5) is 16.5. The minimum absolute atomic E-state index is 0.259. The van der Waals surface area contributed by atoms with Crippen LogP contribution in [0.25, 0.3) is 0 Å². The fourth-order valence-electron chi connectivity index (χ4n) is 5.55. The number of Topliss-reactive ketones (excluding diaryl/α,β-unsaturated/α-hetero) is 1. The highest BCUT2D eigenvalue weighted by Crippen LogP contribution is 2.51. The number of rotatable bonds is 7. The lowest BCUT2D eigenvalue weighted by molar-refractivity contribution is -0.117. The van der Waals surface area contributed by atoms with Crippen LogP contribution in [0.3, 0.4) is 0 Å². The van der Waals surface area contributed by atoms with Gasteiger partial charge in [-0.1, -0.05) is 52.7 Å². The molecular weight excluding hydrogens is 332 g/mol. The van der Waals surface area contributed by atoms with Crippen LogP contribution in [-0.2, 0) is 4.79 Å². The average Bonchev–Trinajstić information content (AvgIpc) is 3.42. The molecule has 0 aromatic heterocycles. The first kappa shape index (κ1) is 19.6. The SMILES string of the molecule is CCC1(C)CC(CN2CC2C2CC2CN2CC2C(C)=O)=CC(C(C)(C)C)C1. The van der Waals surface area contributed by atoms with Crippen LogP contribution in [0.5, 0.6) is 0 Å². The molecule has 152 valence electrons. The Morgan fingerprint density at radius 1 is 1.26 bits per heavy atom. The molecule has 3 fully saturated rings. The van der Waals surface area contributed by atoms with Crippen LogP contribution in [-0.4, -0.2) is 53.8 Å². The summed E-state index contributed by atoms with van der Waals surface area (Å²) in [7, 11) is 0. The quantitative estimate of drug-likeness (QED) is 0.489. The fourth-order valence-corrected chi connectivity index (χ4v) is 5.55. The molecule has 0 aromatic carbocycles. The van der Waals surface area contributed by atoms with Gasteiger partial charge in [0.25, 0.3) is 0 Å². The van der Waals surface area contributed by atoms with E-state index in [2.05, 4.69) is 50.5 Å². The Balaban J connectivity index is 1.29. The summed E-state index contributed by atoms with van der Waals surface area (Å²) in [5.41, 5.74) is 2.55. The molecule has 0 spiro atoms. The van der Waals surface area contributed by atoms with Gasteiger partial charge in [-0.3, -0.25) is 14.6 Å². The summed E-state index contributed by atoms with van der Waals surface area (Å²) < 4.78 is 0. The van der Waals surface area contributed by atoms with Gasteiger partial charge < -0.3 is 0 Å². The van der Waals surface area contributed by atoms with E-state index in [0.29, 0.717) is 22.5 Å². The maximum absolute atomic E-state index is 11.4. The van der Waals surface area contributed by atoms with Crippen molar-refractivity contribution in [2.45, 2.75) is 79.3 Å². The van der Waals surface area contributed by atoms with Gasteiger partial charge in [0.2, 0.25) is 0 Å². The highest BCUT2D eigenvalue weighted by molar-refractivity contribution is 5.84. The van der Waals surface area contributed by atoms with Crippen LogP contribution in [0.1, 0.15) is 67.2 Å². The molecular formula is C24H40N2O. The van der Waals surface area contributed by atoms with E-state index < -0.39 is 0 Å². The van der Waals surface area contributed by atoms with E-state index >= 15 is 0 Å². The lowest BCUT2D eigenvalue weighted by Crippen LogP contribution is -2.32. The van der Waals surface area contributed by atoms with Crippen molar-refractivity contribution in [3.05, 3.63) is 11.6 Å². The summed E-state index contributed by atoms with van der Waals surface area (Å²) in [5.74, 6) is 2.83. The van der Waals surface area contributed by atoms with Crippen molar-refractivity contribution in [1.29, 1.82) is 0 Å². The first-order valence-corrected chi connectivity index (χ1v) is 11.3. The Hall–Kier alpha value is -0.670. The zero-order chi connectivity index (χ0) is 19.6. The van der Waals surface area contributed by atoms with E-state index in [1.807, 2.05) is 0 Å². The van der Waals surface area contributed by atoms with E-state index in [9.17, 15) is 4.79 Å². The van der Waals surface area contributed by atoms with Crippen molar-refractivity contribution >= 4 is 5.78 Å². The maximum atomic E-state index is 11.4. The van der Waals surface area contributed by atoms with E-state index in [0.717, 1.165) is 24.4 Å². The van der Waals surface area contributed by atoms with Crippen molar-refractivity contribution < 1.29 is 4.79 Å². The summed E-state index contributed by atoms with van der Waals surface area (Å²) >= 11 is 0. The molecule has 3 nitrogen and oxygen atoms in total. The number of hydrogen-bond donors (Lipinski definition) is 0. The van der Waals surface area contributed by atoms with Gasteiger partial charge in [-0.25, -0.2) is 0 Å². The average molecular weight is 373 g/mol. The minimum Gasteiger partial charge on any atom is -0.298 e. The second kappa shape index (κ2) is 6.69. The largest absolute Gasteiger partial charge is 0.298 e. The molecule has 2 aliphatic carbocycles. The number of allylic oxidation sites excluding steroid dienone is 1. The molecule has 0 amide bonds. The Morgan fingerprint density at radius 3 is 2.59 bits per heavy atom. The highest BCUT2D eigenvalue weighted by atomic mass is 16.1. The number of hydrogen-bond acceptors (Lipinski definition) is 3. The van der Waals surface area contributed by atoms with E-state index in [-0.39, 0.29) is 6.04 Å². The smallest absolute Gasteiger partial charge is 0.148 e. The van der Waals surface area contributed by atoms with E-state index in [1.165, 1.54) is 45.3 Å². The third-order valence-electron chi connectivity index (χ3n) is 8.06. The van der Waals surface area contributed by atoms with Crippen LogP contribution >= 0.6 is 0 Å². The molecule has 4 rings (SSSR count). The first-order chi connectivity index (χ1) is 12.6. The lowest BCUT2D eigenvalue weighted by Gasteiger charge is -2.42. The molecule has 2 aliphatic heterocycles. The van der Waals surface area contributed by atoms with Crippen molar-refractivity contribution in [3.8, 4) is 0 Å². The molecule has 8 unspecified atom stereocenters. The molecule has 1 saturated carbocycles. The van der Waals surface area contributed by atoms with Gasteiger partial charge >= 0.3 is 0 Å². The second-order valence-corrected chi connectivity index (χ2v) is 11.6. The lowest BCUT2D eigenvalue weighted by atomic mass is 9.63. The third kappa shape index (κ3) is 4.34. The molecule has 2 heterocycles. The second-order valence-electron chi connectivity index (χ2n) is 11.6. The predicted molar refractivity (Wildman–Crippen MR) is 112 cm³/mol. The van der Waals surface area contributed by atoms with E-state index in [4.69, 9.17) is 0 Å². The molecule has 0 bridgehead atoms. The number of ketones is 1. The molecule has 27 heavy (non-hydrogen) atoms. The van der Waals surface area contributed by atoms with E-state index in [1.54, 1.807) is 12.5 Å². The van der Waals surface area contributed by atoms with Crippen LogP contribution in [0, 0.1) is 28.6 Å². The van der Waals surface area contributed by atoms with Crippen LogP contribution in [0.15, 0.2) is 11.6 Å². The maximum Gasteiger partial charge on any atom is 0.148 e. The highest BCUT2D eigenvalue weighted by Gasteiger charge is 2.54. The number of carbonyl (C=O) groups is 1. The Kier molecular flexibility index (Phi) is 4.87. The first-order valence-electron chi connectivity index (χ1n) is 11.3. The van der Waals surface area contributed by atoms with Gasteiger partial charge in [-0.05, 0) is 54.8 Å². The Bertz CT molecular complexity index is 633. The summed E-state index contributed by atoms with van der Waals surface area (Å²) in [5, 5.41) is 0. The number of carbonyl (C=O) groups excluding carboxylic acids is 1. The van der Waals surface area contributed by atoms with Gasteiger partial charge in [0.05, 0.1) is 6.04 Å². The van der Waals surface area contributed by atoms with Gasteiger partial charge in [-0.15, -0.1) is 0 Å². The molecule has 0 aromatic rings. The standard InChI is InChI=1S/C24H40N2O/c1-7-24(6)10-17(8-19(11-24)23(3,4)5)12-25-15-22(25)20-9-18(20)13-26-14-21(26)16(2)27/h8,18-22H,7,9-15H2,1-6H3. The zero-order valence-corrected chi connectivity index (χ0v) is 18.4. The van der Waals surface area contributed by atoms with Crippen LogP contribution in [0.2, 0.25) is 0 Å². The summed E-state index contributed by atoms with van der Waals surface area (Å²) in [6.45, 7) is 18.5. The molecule has 0 radical (unpaired) electrons. The zero-order valence-electron chi connectivity index (χ0n) is 18.4. The summed E-state index contributed by atoms with van der Waals surface area (Å²) in [6, 6.07) is 1.09. The molecule has 8 atom stereocenters. The normalized spacial score (nSPS) is 46.0. The van der Waals surface area contributed by atoms with Gasteiger partial charge in [0.15, 0.2) is 0 Å². The van der Waals surface area contributed by atoms with Gasteiger partial charge in [-0.2, -0.15) is 0 Å². The van der Waals surface area contributed by atoms with Gasteiger partial charge in [0.1, 0.15) is 5.78 Å². The van der Waals surface area contributed by atoms with Crippen molar-refractivity contribution in [1.82, 2.24) is 9.80 Å². The Labute approximate surface area is 166 Å². The Morgan fingerprint density at radius 2 is 2.00 bits per heavy atom. The van der Waals surface area contributed by atoms with Gasteiger partial charge in [0, 0.05) is 32.2 Å². The van der Waals surface area contributed by atoms with Crippen molar-refractivity contribution in [2.75, 3.05) is 26.2 Å². The van der Waals surface area contributed by atoms with Crippen LogP contribution in [0.4, 0.5) is 0 Å². The molecule has 2 saturated heterocycles. The molecule has 4 aliphatic rings.